The molecular formula is C20H16O. The van der Waals surface area contributed by atoms with Crippen molar-refractivity contribution in [3.05, 3.63) is 95.4 Å². The average Bonchev–Trinajstić information content (AvgIpc) is 2.92. The molecule has 21 heavy (non-hydrogen) atoms. The van der Waals surface area contributed by atoms with Gasteiger partial charge in [-0.1, -0.05) is 60.7 Å². The fourth-order valence-corrected chi connectivity index (χ4v) is 4.32. The Morgan fingerprint density at radius 1 is 0.667 bits per heavy atom. The Hall–Kier alpha value is -2.28. The summed E-state index contributed by atoms with van der Waals surface area (Å²) in [4.78, 5) is 0. The Balaban J connectivity index is 1.61. The summed E-state index contributed by atoms with van der Waals surface area (Å²) in [5.74, 6) is 3.59. The van der Waals surface area contributed by atoms with E-state index < -0.39 is 0 Å². The maximum Gasteiger partial charge on any atom is 0.115 e. The molecular weight excluding hydrogens is 256 g/mol. The first-order chi connectivity index (χ1) is 10.4. The summed E-state index contributed by atoms with van der Waals surface area (Å²) in [6.45, 7) is 0. The lowest BCUT2D eigenvalue weighted by atomic mass is 9.90. The molecule has 1 heterocycles. The first-order valence-electron chi connectivity index (χ1n) is 7.62. The predicted octanol–water partition coefficient (Wildman–Crippen LogP) is 4.92. The third kappa shape index (κ3) is 1.52. The highest BCUT2D eigenvalue weighted by Gasteiger charge is 2.62. The monoisotopic (exact) mass is 272 g/mol. The normalized spacial score (nSPS) is 29.0. The van der Waals surface area contributed by atoms with E-state index in [1.54, 1.807) is 0 Å². The number of hydrogen-bond acceptors (Lipinski definition) is 1. The summed E-state index contributed by atoms with van der Waals surface area (Å²) in [6.07, 6.45) is 1.86. The molecule has 2 aliphatic carbocycles. The van der Waals surface area contributed by atoms with Crippen LogP contribution >= 0.6 is 0 Å². The summed E-state index contributed by atoms with van der Waals surface area (Å²) < 4.78 is 5.83. The Morgan fingerprint density at radius 2 is 1.33 bits per heavy atom. The molecule has 0 radical (unpaired) electrons. The molecule has 2 aliphatic rings. The molecule has 0 spiro atoms. The van der Waals surface area contributed by atoms with Gasteiger partial charge in [-0.25, -0.2) is 0 Å². The van der Waals surface area contributed by atoms with Gasteiger partial charge in [0.05, 0.1) is 6.26 Å². The molecule has 4 atom stereocenters. The van der Waals surface area contributed by atoms with Crippen LogP contribution in [0.5, 0.6) is 0 Å². The SMILES string of the molecule is c1ccc(C2c3occc3C3C(c4ccccc4)C23)cc1. The third-order valence-electron chi connectivity index (χ3n) is 5.17. The van der Waals surface area contributed by atoms with Crippen molar-refractivity contribution in [2.75, 3.05) is 0 Å². The second kappa shape index (κ2) is 4.11. The van der Waals surface area contributed by atoms with E-state index in [1.807, 2.05) is 6.26 Å². The highest BCUT2D eigenvalue weighted by atomic mass is 16.3. The van der Waals surface area contributed by atoms with Crippen LogP contribution in [0.3, 0.4) is 0 Å². The van der Waals surface area contributed by atoms with Crippen LogP contribution in [0.25, 0.3) is 0 Å². The Labute approximate surface area is 124 Å². The van der Waals surface area contributed by atoms with Gasteiger partial charge < -0.3 is 4.42 Å². The van der Waals surface area contributed by atoms with E-state index in [4.69, 9.17) is 4.42 Å². The van der Waals surface area contributed by atoms with E-state index in [0.717, 1.165) is 0 Å². The molecule has 2 aromatic carbocycles. The van der Waals surface area contributed by atoms with Crippen LogP contribution < -0.4 is 0 Å². The summed E-state index contributed by atoms with van der Waals surface area (Å²) in [7, 11) is 0. The highest BCUT2D eigenvalue weighted by molar-refractivity contribution is 5.53. The van der Waals surface area contributed by atoms with Crippen molar-refractivity contribution < 1.29 is 4.42 Å². The molecule has 0 aliphatic heterocycles. The second-order valence-electron chi connectivity index (χ2n) is 6.17. The number of fused-ring (bicyclic) bond motifs is 3. The zero-order valence-electron chi connectivity index (χ0n) is 11.6. The minimum atomic E-state index is 0.423. The van der Waals surface area contributed by atoms with Gasteiger partial charge in [0.25, 0.3) is 0 Å². The van der Waals surface area contributed by atoms with Crippen LogP contribution in [0.15, 0.2) is 77.4 Å². The van der Waals surface area contributed by atoms with E-state index in [2.05, 4.69) is 66.7 Å². The first-order valence-corrected chi connectivity index (χ1v) is 7.62. The van der Waals surface area contributed by atoms with Crippen LogP contribution in [-0.4, -0.2) is 0 Å². The fourth-order valence-electron chi connectivity index (χ4n) is 4.32. The van der Waals surface area contributed by atoms with Crippen molar-refractivity contribution in [1.29, 1.82) is 0 Å². The molecule has 1 aromatic heterocycles. The maximum atomic E-state index is 5.83. The van der Waals surface area contributed by atoms with Gasteiger partial charge in [0, 0.05) is 5.92 Å². The lowest BCUT2D eigenvalue weighted by Gasteiger charge is -2.14. The Bertz CT molecular complexity index is 772. The zero-order chi connectivity index (χ0) is 13.8. The summed E-state index contributed by atoms with van der Waals surface area (Å²) >= 11 is 0. The molecule has 1 saturated carbocycles. The second-order valence-corrected chi connectivity index (χ2v) is 6.17. The summed E-state index contributed by atoms with van der Waals surface area (Å²) in [6, 6.07) is 23.9. The van der Waals surface area contributed by atoms with Crippen LogP contribution in [0.4, 0.5) is 0 Å². The van der Waals surface area contributed by atoms with Crippen molar-refractivity contribution in [2.24, 2.45) is 5.92 Å². The van der Waals surface area contributed by atoms with E-state index in [9.17, 15) is 0 Å². The van der Waals surface area contributed by atoms with Crippen molar-refractivity contribution >= 4 is 0 Å². The van der Waals surface area contributed by atoms with E-state index in [0.29, 0.717) is 23.7 Å². The summed E-state index contributed by atoms with van der Waals surface area (Å²) in [5.41, 5.74) is 4.29. The van der Waals surface area contributed by atoms with E-state index >= 15 is 0 Å². The van der Waals surface area contributed by atoms with Crippen molar-refractivity contribution in [3.8, 4) is 0 Å². The maximum absolute atomic E-state index is 5.83. The molecule has 0 amide bonds. The van der Waals surface area contributed by atoms with Crippen LogP contribution in [0, 0.1) is 5.92 Å². The molecule has 1 heteroatoms. The minimum absolute atomic E-state index is 0.423. The van der Waals surface area contributed by atoms with Gasteiger partial charge in [0.2, 0.25) is 0 Å². The average molecular weight is 272 g/mol. The Morgan fingerprint density at radius 3 is 2.05 bits per heavy atom. The molecule has 0 N–H and O–H groups in total. The van der Waals surface area contributed by atoms with Crippen LogP contribution in [0.2, 0.25) is 0 Å². The lowest BCUT2D eigenvalue weighted by molar-refractivity contribution is 0.472. The summed E-state index contributed by atoms with van der Waals surface area (Å²) in [5, 5.41) is 0. The predicted molar refractivity (Wildman–Crippen MR) is 82.4 cm³/mol. The quantitative estimate of drug-likeness (QED) is 0.645. The zero-order valence-corrected chi connectivity index (χ0v) is 11.6. The topological polar surface area (TPSA) is 13.1 Å². The van der Waals surface area contributed by atoms with Gasteiger partial charge in [-0.15, -0.1) is 0 Å². The largest absolute Gasteiger partial charge is 0.468 e. The molecule has 0 saturated heterocycles. The van der Waals surface area contributed by atoms with Crippen LogP contribution in [0.1, 0.15) is 40.2 Å². The van der Waals surface area contributed by atoms with Crippen molar-refractivity contribution in [1.82, 2.24) is 0 Å². The fraction of sp³-hybridized carbons (Fsp3) is 0.200. The molecule has 3 aromatic rings. The van der Waals surface area contributed by atoms with Crippen molar-refractivity contribution in [3.63, 3.8) is 0 Å². The molecule has 102 valence electrons. The lowest BCUT2D eigenvalue weighted by Crippen LogP contribution is -2.02. The minimum Gasteiger partial charge on any atom is -0.468 e. The molecule has 0 bridgehead atoms. The van der Waals surface area contributed by atoms with Gasteiger partial charge in [-0.2, -0.15) is 0 Å². The van der Waals surface area contributed by atoms with Gasteiger partial charge >= 0.3 is 0 Å². The van der Waals surface area contributed by atoms with Gasteiger partial charge in [-0.3, -0.25) is 0 Å². The smallest absolute Gasteiger partial charge is 0.115 e. The number of benzene rings is 2. The molecule has 1 fully saturated rings. The van der Waals surface area contributed by atoms with E-state index in [1.165, 1.54) is 22.5 Å². The van der Waals surface area contributed by atoms with Gasteiger partial charge in [-0.05, 0) is 40.5 Å². The standard InChI is InChI=1S/C20H16O/c1-3-7-13(8-4-1)16-18-15-11-12-21-20(15)17(19(16)18)14-9-5-2-6-10-14/h1-12,16-19H. The highest BCUT2D eigenvalue weighted by Crippen LogP contribution is 2.72. The van der Waals surface area contributed by atoms with Gasteiger partial charge in [0.1, 0.15) is 5.76 Å². The molecule has 5 rings (SSSR count). The van der Waals surface area contributed by atoms with E-state index in [-0.39, 0.29) is 0 Å². The van der Waals surface area contributed by atoms with Crippen molar-refractivity contribution in [2.45, 2.75) is 17.8 Å². The molecule has 4 unspecified atom stereocenters. The Kier molecular flexibility index (Phi) is 2.23. The first kappa shape index (κ1) is 11.4. The third-order valence-corrected chi connectivity index (χ3v) is 5.17. The number of hydrogen-bond donors (Lipinski definition) is 0. The van der Waals surface area contributed by atoms with Gasteiger partial charge in [0.15, 0.2) is 0 Å². The number of rotatable bonds is 2. The number of furan rings is 1. The molecule has 1 nitrogen and oxygen atoms in total. The van der Waals surface area contributed by atoms with Crippen LogP contribution in [-0.2, 0) is 0 Å².